The van der Waals surface area contributed by atoms with E-state index in [2.05, 4.69) is 47.2 Å². The second-order valence-corrected chi connectivity index (χ2v) is 15.9. The molecule has 1 N–H and O–H groups in total. The number of fused-ring (bicyclic) bond motifs is 4. The third kappa shape index (κ3) is 6.93. The summed E-state index contributed by atoms with van der Waals surface area (Å²) in [5.41, 5.74) is 9.09. The first-order valence-corrected chi connectivity index (χ1v) is 20.6. The fraction of sp³-hybridized carbons (Fsp3) is 0.292. The third-order valence-electron chi connectivity index (χ3n) is 12.3. The average Bonchev–Trinajstić information content (AvgIpc) is 3.66. The van der Waals surface area contributed by atoms with Gasteiger partial charge >= 0.3 is 0 Å². The van der Waals surface area contributed by atoms with Crippen LogP contribution in [0.15, 0.2) is 109 Å². The van der Waals surface area contributed by atoms with Crippen LogP contribution in [0.5, 0.6) is 17.2 Å². The number of anilines is 3. The van der Waals surface area contributed by atoms with Crippen LogP contribution in [0.25, 0.3) is 16.8 Å². The van der Waals surface area contributed by atoms with E-state index in [0.717, 1.165) is 62.4 Å². The van der Waals surface area contributed by atoms with Gasteiger partial charge in [-0.1, -0.05) is 30.3 Å². The summed E-state index contributed by atoms with van der Waals surface area (Å²) in [5.74, 6) is 0.857. The Hall–Kier alpha value is -6.30. The highest BCUT2D eigenvalue weighted by atomic mass is 16.6. The number of pyridine rings is 1. The number of benzene rings is 4. The lowest BCUT2D eigenvalue weighted by Gasteiger charge is -2.40. The topological polar surface area (TPSA) is 99.4 Å². The number of phenols is 1. The van der Waals surface area contributed by atoms with Gasteiger partial charge in [0.15, 0.2) is 11.5 Å². The number of ether oxygens (including phenoxy) is 3. The number of hydrogen-bond donors (Lipinski definition) is 1. The maximum Gasteiger partial charge on any atom is 0.265 e. The normalized spacial score (nSPS) is 17.7. The Morgan fingerprint density at radius 3 is 2.32 bits per heavy atom. The molecule has 11 heteroatoms. The maximum atomic E-state index is 15.3. The van der Waals surface area contributed by atoms with E-state index in [9.17, 15) is 5.11 Å². The van der Waals surface area contributed by atoms with Gasteiger partial charge in [-0.3, -0.25) is 19.4 Å². The van der Waals surface area contributed by atoms with Crippen LogP contribution in [-0.2, 0) is 24.1 Å². The molecule has 0 saturated carbocycles. The van der Waals surface area contributed by atoms with Gasteiger partial charge in [0.2, 0.25) is 0 Å². The number of amides is 2. The zero-order chi connectivity index (χ0) is 40.0. The molecule has 1 saturated heterocycles. The molecule has 6 aromatic rings. The highest BCUT2D eigenvalue weighted by Gasteiger charge is 2.35. The Labute approximate surface area is 343 Å². The molecule has 2 amide bonds. The highest BCUT2D eigenvalue weighted by Crippen LogP contribution is 2.42. The van der Waals surface area contributed by atoms with Crippen LogP contribution in [0.3, 0.4) is 0 Å². The van der Waals surface area contributed by atoms with E-state index >= 15 is 9.59 Å². The molecule has 2 aromatic heterocycles. The van der Waals surface area contributed by atoms with Gasteiger partial charge in [0.25, 0.3) is 11.8 Å². The van der Waals surface area contributed by atoms with Gasteiger partial charge in [-0.05, 0) is 109 Å². The van der Waals surface area contributed by atoms with E-state index in [1.807, 2.05) is 64.0 Å². The summed E-state index contributed by atoms with van der Waals surface area (Å²) >= 11 is 0. The minimum absolute atomic E-state index is 0.0620. The van der Waals surface area contributed by atoms with Crippen molar-refractivity contribution >= 4 is 34.4 Å². The number of hydrogen-bond acceptors (Lipinski definition) is 8. The fourth-order valence-electron chi connectivity index (χ4n) is 9.25. The molecule has 0 unspecified atom stereocenters. The number of aromatic nitrogens is 1. The average molecular weight is 790 g/mol. The second-order valence-electron chi connectivity index (χ2n) is 15.9. The maximum absolute atomic E-state index is 15.3. The molecule has 1 fully saturated rings. The van der Waals surface area contributed by atoms with Crippen molar-refractivity contribution in [2.75, 3.05) is 69.5 Å². The molecular formula is C48H47N5O6. The number of phenolic OH excluding ortho intramolecular Hbond substituents is 1. The number of nitrogens with zero attached hydrogens (tertiary/aromatic N) is 5. The Morgan fingerprint density at radius 2 is 1.51 bits per heavy atom. The summed E-state index contributed by atoms with van der Waals surface area (Å²) in [7, 11) is 2.10. The molecule has 6 heterocycles. The monoisotopic (exact) mass is 789 g/mol. The SMILES string of the molecule is CN1CCCc2cc(N(C(=O)c3cc(-c4cc5c(cc4C(=O)N4Cc6ccccc6C[C@H]4CN4CCOCC4)OCCO5)n4ccccc34)c3ccc(O)cc3)ccc21. The molecule has 4 aromatic carbocycles. The first-order chi connectivity index (χ1) is 28.9. The van der Waals surface area contributed by atoms with Crippen LogP contribution in [-0.4, -0.2) is 96.8 Å². The lowest BCUT2D eigenvalue weighted by Crippen LogP contribution is -2.52. The first kappa shape index (κ1) is 37.0. The van der Waals surface area contributed by atoms with Crippen LogP contribution in [0, 0.1) is 0 Å². The molecule has 59 heavy (non-hydrogen) atoms. The molecule has 10 rings (SSSR count). The summed E-state index contributed by atoms with van der Waals surface area (Å²) in [6.45, 7) is 5.99. The number of carbonyl (C=O) groups is 2. The minimum Gasteiger partial charge on any atom is -0.508 e. The van der Waals surface area contributed by atoms with Crippen LogP contribution >= 0.6 is 0 Å². The molecule has 11 nitrogen and oxygen atoms in total. The van der Waals surface area contributed by atoms with Gasteiger partial charge in [-0.2, -0.15) is 0 Å². The quantitative estimate of drug-likeness (QED) is 0.180. The number of aryl methyl sites for hydroxylation is 1. The third-order valence-corrected chi connectivity index (χ3v) is 12.3. The standard InChI is InChI=1S/C48H47N5O6/c1-49-17-6-9-33-26-36(13-16-42(33)49)53(35-11-14-38(54)15-12-35)48(56)41-27-44(51-18-5-4-10-43(41)51)39-28-45-46(59-24-23-58-45)29-40(39)47(55)52-30-34-8-3-2-7-32(34)25-37(52)31-50-19-21-57-22-20-50/h2-5,7-8,10-16,18,26-29,37,54H,6,9,17,19-25,30-31H2,1H3/t37-/m0/s1. The number of morpholine rings is 1. The Balaban J connectivity index is 1.10. The van der Waals surface area contributed by atoms with Crippen molar-refractivity contribution in [3.05, 3.63) is 137 Å². The predicted molar refractivity (Wildman–Crippen MR) is 227 cm³/mol. The molecule has 4 aliphatic heterocycles. The van der Waals surface area contributed by atoms with Crippen molar-refractivity contribution in [1.29, 1.82) is 0 Å². The molecular weight excluding hydrogens is 743 g/mol. The fourth-order valence-corrected chi connectivity index (χ4v) is 9.25. The van der Waals surface area contributed by atoms with E-state index in [-0.39, 0.29) is 23.6 Å². The Bertz CT molecular complexity index is 2560. The largest absolute Gasteiger partial charge is 0.508 e. The van der Waals surface area contributed by atoms with Crippen molar-refractivity contribution in [1.82, 2.24) is 14.2 Å². The zero-order valence-electron chi connectivity index (χ0n) is 33.2. The molecule has 1 atom stereocenters. The smallest absolute Gasteiger partial charge is 0.265 e. The zero-order valence-corrected chi connectivity index (χ0v) is 33.2. The van der Waals surface area contributed by atoms with E-state index in [1.165, 1.54) is 11.1 Å². The van der Waals surface area contributed by atoms with E-state index in [4.69, 9.17) is 14.2 Å². The highest BCUT2D eigenvalue weighted by molar-refractivity contribution is 6.16. The van der Waals surface area contributed by atoms with Crippen LogP contribution in [0.1, 0.15) is 43.8 Å². The molecule has 4 aliphatic rings. The number of carbonyl (C=O) groups excluding carboxylic acids is 2. The van der Waals surface area contributed by atoms with Crippen LogP contribution in [0.4, 0.5) is 17.1 Å². The molecule has 0 bridgehead atoms. The number of aromatic hydroxyl groups is 1. The van der Waals surface area contributed by atoms with Crippen LogP contribution in [0.2, 0.25) is 0 Å². The Morgan fingerprint density at radius 1 is 0.763 bits per heavy atom. The van der Waals surface area contributed by atoms with Crippen molar-refractivity contribution in [2.24, 2.45) is 0 Å². The van der Waals surface area contributed by atoms with Gasteiger partial charge in [0, 0.05) is 74.6 Å². The lowest BCUT2D eigenvalue weighted by molar-refractivity contribution is 0.0193. The van der Waals surface area contributed by atoms with Gasteiger partial charge in [0.1, 0.15) is 19.0 Å². The summed E-state index contributed by atoms with van der Waals surface area (Å²) in [6.07, 6.45) is 4.63. The minimum atomic E-state index is -0.238. The van der Waals surface area contributed by atoms with Gasteiger partial charge in [0.05, 0.1) is 35.6 Å². The van der Waals surface area contributed by atoms with E-state index in [1.54, 1.807) is 29.2 Å². The summed E-state index contributed by atoms with van der Waals surface area (Å²) in [6, 6.07) is 32.7. The van der Waals surface area contributed by atoms with Crippen molar-refractivity contribution in [2.45, 2.75) is 31.8 Å². The van der Waals surface area contributed by atoms with Gasteiger partial charge in [-0.15, -0.1) is 0 Å². The summed E-state index contributed by atoms with van der Waals surface area (Å²) in [5, 5.41) is 10.2. The first-order valence-electron chi connectivity index (χ1n) is 20.6. The second kappa shape index (κ2) is 15.5. The summed E-state index contributed by atoms with van der Waals surface area (Å²) in [4.78, 5) is 39.0. The van der Waals surface area contributed by atoms with Gasteiger partial charge in [-0.25, -0.2) is 0 Å². The van der Waals surface area contributed by atoms with Crippen molar-refractivity contribution in [3.63, 3.8) is 0 Å². The van der Waals surface area contributed by atoms with Crippen molar-refractivity contribution in [3.8, 4) is 28.5 Å². The molecule has 300 valence electrons. The summed E-state index contributed by atoms with van der Waals surface area (Å²) < 4.78 is 19.9. The van der Waals surface area contributed by atoms with E-state index < -0.39 is 0 Å². The molecule has 0 aliphatic carbocycles. The number of rotatable bonds is 7. The molecule has 0 spiro atoms. The van der Waals surface area contributed by atoms with Gasteiger partial charge < -0.3 is 33.5 Å². The van der Waals surface area contributed by atoms with Crippen LogP contribution < -0.4 is 19.3 Å². The van der Waals surface area contributed by atoms with Crippen molar-refractivity contribution < 1.29 is 28.9 Å². The Kier molecular flexibility index (Phi) is 9.70. The lowest BCUT2D eigenvalue weighted by atomic mass is 9.92. The van der Waals surface area contributed by atoms with E-state index in [0.29, 0.717) is 78.1 Å². The molecule has 0 radical (unpaired) electrons. The predicted octanol–water partition coefficient (Wildman–Crippen LogP) is 7.34.